The Bertz CT molecular complexity index is 1080. The van der Waals surface area contributed by atoms with Gasteiger partial charge in [0.1, 0.15) is 10.7 Å². The van der Waals surface area contributed by atoms with Crippen LogP contribution in [0.4, 0.5) is 4.39 Å². The quantitative estimate of drug-likeness (QED) is 0.331. The van der Waals surface area contributed by atoms with Gasteiger partial charge in [-0.05, 0) is 42.1 Å². The Morgan fingerprint density at radius 1 is 1.07 bits per heavy atom. The Balaban J connectivity index is 1.53. The number of halogens is 2. The van der Waals surface area contributed by atoms with Gasteiger partial charge in [-0.15, -0.1) is 11.3 Å². The van der Waals surface area contributed by atoms with E-state index in [1.165, 1.54) is 47.8 Å². The first-order valence-corrected chi connectivity index (χ1v) is 9.56. The predicted octanol–water partition coefficient (Wildman–Crippen LogP) is 4.04. The maximum Gasteiger partial charge on any atom is 0.281 e. The standard InChI is InChI=1S/C19H13ClFN3O2S2/c20-16-13-3-1-2-4-14(13)28-17(16)18(26)23-24-19(27)22-15(25)10-7-11-5-8-12(21)9-6-11/h1-10H,(H,23,26)(H2,22,24,25,27)/b10-7+. The van der Waals surface area contributed by atoms with E-state index >= 15 is 0 Å². The van der Waals surface area contributed by atoms with Crippen molar-refractivity contribution in [1.82, 2.24) is 16.2 Å². The summed E-state index contributed by atoms with van der Waals surface area (Å²) < 4.78 is 13.7. The molecule has 1 heterocycles. The lowest BCUT2D eigenvalue weighted by Crippen LogP contribution is -2.48. The molecule has 0 aliphatic carbocycles. The van der Waals surface area contributed by atoms with Crippen LogP contribution in [0.3, 0.4) is 0 Å². The van der Waals surface area contributed by atoms with Crippen molar-refractivity contribution >= 4 is 68.2 Å². The molecule has 0 aliphatic heterocycles. The highest BCUT2D eigenvalue weighted by Crippen LogP contribution is 2.34. The number of rotatable bonds is 3. The number of hydrazine groups is 1. The van der Waals surface area contributed by atoms with Crippen LogP contribution < -0.4 is 16.2 Å². The van der Waals surface area contributed by atoms with Crippen LogP contribution in [0.25, 0.3) is 16.2 Å². The first kappa shape index (κ1) is 19.9. The second-order valence-electron chi connectivity index (χ2n) is 5.52. The molecule has 0 bridgehead atoms. The van der Waals surface area contributed by atoms with E-state index in [-0.39, 0.29) is 10.9 Å². The lowest BCUT2D eigenvalue weighted by Gasteiger charge is -2.09. The Hall–Kier alpha value is -2.81. The molecule has 0 aliphatic rings. The van der Waals surface area contributed by atoms with Gasteiger partial charge in [0.15, 0.2) is 5.11 Å². The predicted molar refractivity (Wildman–Crippen MR) is 114 cm³/mol. The van der Waals surface area contributed by atoms with Crippen LogP contribution in [0.5, 0.6) is 0 Å². The molecule has 142 valence electrons. The van der Waals surface area contributed by atoms with E-state index in [4.69, 9.17) is 23.8 Å². The summed E-state index contributed by atoms with van der Waals surface area (Å²) in [7, 11) is 0. The van der Waals surface area contributed by atoms with E-state index in [1.54, 1.807) is 0 Å². The molecule has 3 N–H and O–H groups in total. The van der Waals surface area contributed by atoms with Crippen molar-refractivity contribution in [1.29, 1.82) is 0 Å². The van der Waals surface area contributed by atoms with Gasteiger partial charge in [-0.2, -0.15) is 0 Å². The summed E-state index contributed by atoms with van der Waals surface area (Å²) in [6, 6.07) is 13.0. The average Bonchev–Trinajstić information content (AvgIpc) is 3.03. The molecule has 0 fully saturated rings. The fourth-order valence-electron chi connectivity index (χ4n) is 2.26. The Morgan fingerprint density at radius 3 is 2.50 bits per heavy atom. The Kier molecular flexibility index (Phi) is 6.35. The monoisotopic (exact) mass is 433 g/mol. The molecule has 0 spiro atoms. The van der Waals surface area contributed by atoms with E-state index in [2.05, 4.69) is 16.2 Å². The normalized spacial score (nSPS) is 10.8. The minimum Gasteiger partial charge on any atom is -0.298 e. The summed E-state index contributed by atoms with van der Waals surface area (Å²) in [6.45, 7) is 0. The highest BCUT2D eigenvalue weighted by molar-refractivity contribution is 7.80. The number of amides is 2. The minimum atomic E-state index is -0.504. The van der Waals surface area contributed by atoms with Gasteiger partial charge >= 0.3 is 0 Å². The van der Waals surface area contributed by atoms with Gasteiger partial charge in [0.25, 0.3) is 5.91 Å². The zero-order valence-electron chi connectivity index (χ0n) is 14.2. The van der Waals surface area contributed by atoms with Crippen molar-refractivity contribution in [2.45, 2.75) is 0 Å². The van der Waals surface area contributed by atoms with Crippen molar-refractivity contribution in [3.63, 3.8) is 0 Å². The Morgan fingerprint density at radius 2 is 1.79 bits per heavy atom. The number of carbonyl (C=O) groups is 2. The molecule has 0 unspecified atom stereocenters. The Labute approximate surface area is 174 Å². The molecule has 2 amide bonds. The fraction of sp³-hybridized carbons (Fsp3) is 0. The smallest absolute Gasteiger partial charge is 0.281 e. The molecular formula is C19H13ClFN3O2S2. The number of hydrogen-bond acceptors (Lipinski definition) is 4. The minimum absolute atomic E-state index is 0.0839. The second kappa shape index (κ2) is 8.92. The molecule has 28 heavy (non-hydrogen) atoms. The molecule has 5 nitrogen and oxygen atoms in total. The van der Waals surface area contributed by atoms with Gasteiger partial charge in [0, 0.05) is 16.2 Å². The van der Waals surface area contributed by atoms with Gasteiger partial charge in [-0.25, -0.2) is 4.39 Å². The molecule has 0 radical (unpaired) electrons. The van der Waals surface area contributed by atoms with Crippen LogP contribution in [-0.4, -0.2) is 16.9 Å². The zero-order valence-corrected chi connectivity index (χ0v) is 16.6. The zero-order chi connectivity index (χ0) is 20.1. The van der Waals surface area contributed by atoms with Gasteiger partial charge in [0.2, 0.25) is 5.91 Å². The summed E-state index contributed by atoms with van der Waals surface area (Å²) in [6.07, 6.45) is 2.75. The van der Waals surface area contributed by atoms with Crippen LogP contribution in [0, 0.1) is 5.82 Å². The third-order valence-electron chi connectivity index (χ3n) is 3.56. The topological polar surface area (TPSA) is 70.2 Å². The number of fused-ring (bicyclic) bond motifs is 1. The van der Waals surface area contributed by atoms with E-state index in [0.29, 0.717) is 15.5 Å². The third kappa shape index (κ3) is 4.92. The van der Waals surface area contributed by atoms with Crippen molar-refractivity contribution in [3.05, 3.63) is 75.9 Å². The SMILES string of the molecule is O=C(/C=C/c1ccc(F)cc1)NC(=S)NNC(=O)c1sc2ccccc2c1Cl. The first-order chi connectivity index (χ1) is 13.4. The highest BCUT2D eigenvalue weighted by atomic mass is 35.5. The van der Waals surface area contributed by atoms with Crippen molar-refractivity contribution in [2.24, 2.45) is 0 Å². The molecule has 1 aromatic heterocycles. The number of thiocarbonyl (C=S) groups is 1. The third-order valence-corrected chi connectivity index (χ3v) is 5.44. The van der Waals surface area contributed by atoms with Crippen LogP contribution in [0.15, 0.2) is 54.6 Å². The molecule has 0 saturated heterocycles. The second-order valence-corrected chi connectivity index (χ2v) is 7.36. The molecule has 2 aromatic carbocycles. The van der Waals surface area contributed by atoms with Gasteiger partial charge in [0.05, 0.1) is 5.02 Å². The summed E-state index contributed by atoms with van der Waals surface area (Å²) in [5, 5.41) is 3.45. The lowest BCUT2D eigenvalue weighted by atomic mass is 10.2. The van der Waals surface area contributed by atoms with Crippen molar-refractivity contribution in [2.75, 3.05) is 0 Å². The van der Waals surface area contributed by atoms with Gasteiger partial charge < -0.3 is 0 Å². The van der Waals surface area contributed by atoms with E-state index in [9.17, 15) is 14.0 Å². The van der Waals surface area contributed by atoms with E-state index in [1.807, 2.05) is 24.3 Å². The molecular weight excluding hydrogens is 421 g/mol. The number of carbonyl (C=O) groups excluding carboxylic acids is 2. The van der Waals surface area contributed by atoms with Crippen LogP contribution in [0.1, 0.15) is 15.2 Å². The number of nitrogens with one attached hydrogen (secondary N) is 3. The molecule has 3 rings (SSSR count). The van der Waals surface area contributed by atoms with E-state index in [0.717, 1.165) is 10.1 Å². The van der Waals surface area contributed by atoms with Crippen molar-refractivity contribution < 1.29 is 14.0 Å². The fourth-order valence-corrected chi connectivity index (χ4v) is 3.82. The summed E-state index contributed by atoms with van der Waals surface area (Å²) in [5.74, 6) is -1.33. The van der Waals surface area contributed by atoms with E-state index < -0.39 is 11.8 Å². The first-order valence-electron chi connectivity index (χ1n) is 7.96. The van der Waals surface area contributed by atoms with Crippen LogP contribution in [0.2, 0.25) is 5.02 Å². The van der Waals surface area contributed by atoms with Gasteiger partial charge in [-0.3, -0.25) is 25.8 Å². The summed E-state index contributed by atoms with van der Waals surface area (Å²) >= 11 is 12.5. The van der Waals surface area contributed by atoms with Crippen LogP contribution >= 0.6 is 35.2 Å². The molecule has 9 heteroatoms. The van der Waals surface area contributed by atoms with Crippen molar-refractivity contribution in [3.8, 4) is 0 Å². The maximum absolute atomic E-state index is 12.8. The molecule has 0 atom stereocenters. The largest absolute Gasteiger partial charge is 0.298 e. The van der Waals surface area contributed by atoms with Gasteiger partial charge in [-0.1, -0.05) is 41.9 Å². The maximum atomic E-state index is 12.8. The van der Waals surface area contributed by atoms with Crippen LogP contribution in [-0.2, 0) is 4.79 Å². The molecule has 0 saturated carbocycles. The average molecular weight is 434 g/mol. The lowest BCUT2D eigenvalue weighted by molar-refractivity contribution is -0.115. The summed E-state index contributed by atoms with van der Waals surface area (Å²) in [4.78, 5) is 24.5. The summed E-state index contributed by atoms with van der Waals surface area (Å²) in [5.41, 5.74) is 5.51. The highest BCUT2D eigenvalue weighted by Gasteiger charge is 2.17. The number of thiophene rings is 1. The number of hydrogen-bond donors (Lipinski definition) is 3. The molecule has 3 aromatic rings. The number of benzene rings is 2.